The van der Waals surface area contributed by atoms with Crippen molar-refractivity contribution in [1.29, 1.82) is 0 Å². The van der Waals surface area contributed by atoms with E-state index in [9.17, 15) is 9.18 Å². The molecule has 0 saturated carbocycles. The number of carbonyl (C=O) groups excluding carboxylic acids is 1. The Bertz CT molecular complexity index is 697. The third-order valence-electron chi connectivity index (χ3n) is 4.52. The molecule has 134 valence electrons. The molecule has 3 rings (SSSR count). The van der Waals surface area contributed by atoms with Crippen LogP contribution in [0.25, 0.3) is 0 Å². The highest BCUT2D eigenvalue weighted by atomic mass is 32.1. The minimum absolute atomic E-state index is 0.00677. The third-order valence-corrected chi connectivity index (χ3v) is 5.38. The molecule has 25 heavy (non-hydrogen) atoms. The molecule has 1 aromatic heterocycles. The first-order valence-electron chi connectivity index (χ1n) is 8.59. The first-order chi connectivity index (χ1) is 12.1. The van der Waals surface area contributed by atoms with Gasteiger partial charge < -0.3 is 5.32 Å². The van der Waals surface area contributed by atoms with Crippen LogP contribution in [-0.4, -0.2) is 48.4 Å². The molecular formula is C19H24FN3OS. The third kappa shape index (κ3) is 5.36. The topological polar surface area (TPSA) is 35.6 Å². The Labute approximate surface area is 152 Å². The summed E-state index contributed by atoms with van der Waals surface area (Å²) in [6.07, 6.45) is 0. The van der Waals surface area contributed by atoms with Crippen LogP contribution < -0.4 is 5.32 Å². The predicted molar refractivity (Wildman–Crippen MR) is 99.0 cm³/mol. The van der Waals surface area contributed by atoms with Crippen LogP contribution in [0.5, 0.6) is 0 Å². The van der Waals surface area contributed by atoms with E-state index in [2.05, 4.69) is 32.6 Å². The van der Waals surface area contributed by atoms with Gasteiger partial charge in [0.15, 0.2) is 0 Å². The highest BCUT2D eigenvalue weighted by Crippen LogP contribution is 2.13. The lowest BCUT2D eigenvalue weighted by molar-refractivity contribution is -0.122. The van der Waals surface area contributed by atoms with Crippen molar-refractivity contribution in [2.75, 3.05) is 32.7 Å². The Morgan fingerprint density at radius 3 is 2.64 bits per heavy atom. The second-order valence-corrected chi connectivity index (χ2v) is 7.52. The fourth-order valence-corrected chi connectivity index (χ4v) is 3.68. The number of thiophene rings is 1. The van der Waals surface area contributed by atoms with Crippen LogP contribution in [0.4, 0.5) is 4.39 Å². The summed E-state index contributed by atoms with van der Waals surface area (Å²) >= 11 is 1.79. The zero-order chi connectivity index (χ0) is 17.6. The van der Waals surface area contributed by atoms with E-state index in [-0.39, 0.29) is 11.7 Å². The minimum Gasteiger partial charge on any atom is -0.351 e. The lowest BCUT2D eigenvalue weighted by atomic mass is 10.1. The lowest BCUT2D eigenvalue weighted by Gasteiger charge is -2.34. The minimum atomic E-state index is -0.228. The molecule has 1 aliphatic heterocycles. The number of rotatable bonds is 6. The van der Waals surface area contributed by atoms with E-state index >= 15 is 0 Å². The fraction of sp³-hybridized carbons (Fsp3) is 0.421. The number of aryl methyl sites for hydroxylation is 1. The number of piperazine rings is 1. The van der Waals surface area contributed by atoms with E-state index in [1.165, 1.54) is 10.9 Å². The molecule has 2 aromatic rings. The molecule has 0 aliphatic carbocycles. The Morgan fingerprint density at radius 1 is 1.20 bits per heavy atom. The molecule has 1 N–H and O–H groups in total. The largest absolute Gasteiger partial charge is 0.351 e. The van der Waals surface area contributed by atoms with Crippen molar-refractivity contribution >= 4 is 17.2 Å². The van der Waals surface area contributed by atoms with Crippen LogP contribution in [0.3, 0.4) is 0 Å². The van der Waals surface area contributed by atoms with Gasteiger partial charge in [0.05, 0.1) is 6.54 Å². The van der Waals surface area contributed by atoms with Gasteiger partial charge in [-0.3, -0.25) is 14.6 Å². The monoisotopic (exact) mass is 361 g/mol. The Morgan fingerprint density at radius 2 is 1.96 bits per heavy atom. The van der Waals surface area contributed by atoms with Crippen LogP contribution in [0, 0.1) is 12.7 Å². The maximum atomic E-state index is 13.5. The van der Waals surface area contributed by atoms with Crippen molar-refractivity contribution < 1.29 is 9.18 Å². The van der Waals surface area contributed by atoms with Crippen LogP contribution in [0.1, 0.15) is 16.0 Å². The Balaban J connectivity index is 1.38. The van der Waals surface area contributed by atoms with Gasteiger partial charge in [0, 0.05) is 44.1 Å². The van der Waals surface area contributed by atoms with Gasteiger partial charge in [-0.2, -0.15) is 0 Å². The average Bonchev–Trinajstić information content (AvgIpc) is 3.11. The molecule has 1 aromatic carbocycles. The van der Waals surface area contributed by atoms with Gasteiger partial charge in [-0.15, -0.1) is 11.3 Å². The first-order valence-corrected chi connectivity index (χ1v) is 9.47. The Hall–Kier alpha value is -1.76. The van der Waals surface area contributed by atoms with E-state index < -0.39 is 0 Å². The van der Waals surface area contributed by atoms with Gasteiger partial charge in [0.25, 0.3) is 0 Å². The highest BCUT2D eigenvalue weighted by Gasteiger charge is 2.19. The van der Waals surface area contributed by atoms with Crippen molar-refractivity contribution in [3.8, 4) is 0 Å². The molecule has 1 fully saturated rings. The normalized spacial score (nSPS) is 16.1. The van der Waals surface area contributed by atoms with Crippen LogP contribution >= 0.6 is 11.3 Å². The van der Waals surface area contributed by atoms with Crippen molar-refractivity contribution in [2.24, 2.45) is 0 Å². The van der Waals surface area contributed by atoms with E-state index in [1.54, 1.807) is 24.3 Å². The summed E-state index contributed by atoms with van der Waals surface area (Å²) in [5, 5.41) is 4.99. The maximum Gasteiger partial charge on any atom is 0.234 e. The van der Waals surface area contributed by atoms with E-state index in [1.807, 2.05) is 6.07 Å². The summed E-state index contributed by atoms with van der Waals surface area (Å²) in [4.78, 5) is 18.1. The van der Waals surface area contributed by atoms with E-state index in [0.717, 1.165) is 38.3 Å². The molecule has 0 spiro atoms. The Kier molecular flexibility index (Phi) is 6.18. The van der Waals surface area contributed by atoms with E-state index in [0.29, 0.717) is 18.7 Å². The van der Waals surface area contributed by atoms with Crippen molar-refractivity contribution in [1.82, 2.24) is 15.1 Å². The summed E-state index contributed by atoms with van der Waals surface area (Å²) in [5.41, 5.74) is 1.41. The standard InChI is InChI=1S/C19H24FN3OS/c1-15-4-5-16(11-18(15)20)12-21-19(24)14-23-8-6-22(7-9-23)13-17-3-2-10-25-17/h2-5,10-11H,6-9,12-14H2,1H3,(H,21,24). The van der Waals surface area contributed by atoms with Gasteiger partial charge in [0.1, 0.15) is 5.82 Å². The zero-order valence-electron chi connectivity index (χ0n) is 14.5. The molecule has 1 aliphatic rings. The lowest BCUT2D eigenvalue weighted by Crippen LogP contribution is -2.48. The van der Waals surface area contributed by atoms with Crippen LogP contribution in [0.2, 0.25) is 0 Å². The molecule has 0 radical (unpaired) electrons. The summed E-state index contributed by atoms with van der Waals surface area (Å²) < 4.78 is 13.5. The molecule has 1 saturated heterocycles. The molecule has 0 atom stereocenters. The molecule has 1 amide bonds. The van der Waals surface area contributed by atoms with Crippen molar-refractivity contribution in [3.63, 3.8) is 0 Å². The SMILES string of the molecule is Cc1ccc(CNC(=O)CN2CCN(Cc3cccs3)CC2)cc1F. The van der Waals surface area contributed by atoms with Crippen LogP contribution in [0.15, 0.2) is 35.7 Å². The highest BCUT2D eigenvalue weighted by molar-refractivity contribution is 7.09. The smallest absolute Gasteiger partial charge is 0.234 e. The number of nitrogens with zero attached hydrogens (tertiary/aromatic N) is 2. The number of nitrogens with one attached hydrogen (secondary N) is 1. The summed E-state index contributed by atoms with van der Waals surface area (Å²) in [6.45, 7) is 7.26. The average molecular weight is 361 g/mol. The van der Waals surface area contributed by atoms with Gasteiger partial charge in [-0.05, 0) is 35.6 Å². The van der Waals surface area contributed by atoms with Gasteiger partial charge >= 0.3 is 0 Å². The van der Waals surface area contributed by atoms with Gasteiger partial charge in [0.2, 0.25) is 5.91 Å². The van der Waals surface area contributed by atoms with E-state index in [4.69, 9.17) is 0 Å². The summed E-state index contributed by atoms with van der Waals surface area (Å²) in [5.74, 6) is -0.235. The van der Waals surface area contributed by atoms with Crippen LogP contribution in [-0.2, 0) is 17.9 Å². The first kappa shape index (κ1) is 18.0. The van der Waals surface area contributed by atoms with Crippen molar-refractivity contribution in [3.05, 3.63) is 57.5 Å². The van der Waals surface area contributed by atoms with Gasteiger partial charge in [-0.25, -0.2) is 4.39 Å². The van der Waals surface area contributed by atoms with Gasteiger partial charge in [-0.1, -0.05) is 18.2 Å². The molecule has 6 heteroatoms. The second kappa shape index (κ2) is 8.56. The number of amides is 1. The molecular weight excluding hydrogens is 337 g/mol. The predicted octanol–water partition coefficient (Wildman–Crippen LogP) is 2.63. The molecule has 2 heterocycles. The molecule has 4 nitrogen and oxygen atoms in total. The summed E-state index contributed by atoms with van der Waals surface area (Å²) in [6, 6.07) is 9.32. The molecule has 0 bridgehead atoms. The number of carbonyl (C=O) groups is 1. The van der Waals surface area contributed by atoms with Crippen molar-refractivity contribution in [2.45, 2.75) is 20.0 Å². The quantitative estimate of drug-likeness (QED) is 0.859. The number of benzene rings is 1. The summed E-state index contributed by atoms with van der Waals surface area (Å²) in [7, 11) is 0. The fourth-order valence-electron chi connectivity index (χ4n) is 2.93. The maximum absolute atomic E-state index is 13.5. The number of halogens is 1. The molecule has 0 unspecified atom stereocenters. The number of hydrogen-bond acceptors (Lipinski definition) is 4. The second-order valence-electron chi connectivity index (χ2n) is 6.49. The zero-order valence-corrected chi connectivity index (χ0v) is 15.3. The number of hydrogen-bond donors (Lipinski definition) is 1.